The second-order valence-corrected chi connectivity index (χ2v) is 4.81. The Morgan fingerprint density at radius 1 is 1.35 bits per heavy atom. The minimum atomic E-state index is -0.639. The third kappa shape index (κ3) is 1.63. The van der Waals surface area contributed by atoms with Gasteiger partial charge < -0.3 is 10.7 Å². The molecule has 0 saturated heterocycles. The molecule has 1 aromatic carbocycles. The van der Waals surface area contributed by atoms with Gasteiger partial charge in [-0.3, -0.25) is 9.36 Å². The Hall–Kier alpha value is -2.56. The lowest BCUT2D eigenvalue weighted by Gasteiger charge is -2.08. The lowest BCUT2D eigenvalue weighted by Crippen LogP contribution is -2.13. The number of hydrogen-bond donors (Lipinski definition) is 2. The third-order valence-electron chi connectivity index (χ3n) is 3.67. The van der Waals surface area contributed by atoms with E-state index in [4.69, 9.17) is 5.73 Å². The summed E-state index contributed by atoms with van der Waals surface area (Å²) >= 11 is 0. The molecule has 0 atom stereocenters. The third-order valence-corrected chi connectivity index (χ3v) is 3.67. The molecule has 0 unspecified atom stereocenters. The number of H-pyrrole nitrogens is 1. The first kappa shape index (κ1) is 12.5. The zero-order valence-electron chi connectivity index (χ0n) is 11.2. The first-order valence-corrected chi connectivity index (χ1v) is 6.25. The summed E-state index contributed by atoms with van der Waals surface area (Å²) < 4.78 is 15.6. The van der Waals surface area contributed by atoms with Gasteiger partial charge >= 0.3 is 0 Å². The number of carbonyl (C=O) groups is 1. The second-order valence-electron chi connectivity index (χ2n) is 4.81. The van der Waals surface area contributed by atoms with E-state index in [-0.39, 0.29) is 5.56 Å². The largest absolute Gasteiger partial charge is 0.366 e. The van der Waals surface area contributed by atoms with Crippen molar-refractivity contribution in [3.63, 3.8) is 0 Å². The molecular weight excluding hydrogens is 257 g/mol. The van der Waals surface area contributed by atoms with Crippen LogP contribution in [0.15, 0.2) is 30.5 Å². The Labute approximate surface area is 115 Å². The van der Waals surface area contributed by atoms with Gasteiger partial charge in [0.1, 0.15) is 11.6 Å². The summed E-state index contributed by atoms with van der Waals surface area (Å²) in [4.78, 5) is 14.7. The number of carbonyl (C=O) groups excluding carboxylic acids is 1. The number of primary amides is 1. The highest BCUT2D eigenvalue weighted by Gasteiger charge is 2.19. The minimum Gasteiger partial charge on any atom is -0.366 e. The van der Waals surface area contributed by atoms with Crippen LogP contribution in [-0.4, -0.2) is 15.5 Å². The normalized spacial score (nSPS) is 11.2. The Kier molecular flexibility index (Phi) is 2.64. The van der Waals surface area contributed by atoms with Gasteiger partial charge in [-0.05, 0) is 43.7 Å². The number of aromatic amines is 1. The average molecular weight is 271 g/mol. The molecule has 1 amide bonds. The van der Waals surface area contributed by atoms with E-state index < -0.39 is 11.7 Å². The van der Waals surface area contributed by atoms with Gasteiger partial charge in [0.05, 0.1) is 11.1 Å². The molecule has 0 saturated carbocycles. The topological polar surface area (TPSA) is 63.8 Å². The van der Waals surface area contributed by atoms with Gasteiger partial charge in [-0.1, -0.05) is 0 Å². The number of benzene rings is 1. The lowest BCUT2D eigenvalue weighted by atomic mass is 10.1. The number of nitrogens with two attached hydrogens (primary N) is 1. The van der Waals surface area contributed by atoms with Crippen molar-refractivity contribution in [2.75, 3.05) is 0 Å². The molecule has 0 spiro atoms. The number of nitrogens with one attached hydrogen (secondary N) is 1. The zero-order valence-corrected chi connectivity index (χ0v) is 11.2. The number of aryl methyl sites for hydroxylation is 1. The van der Waals surface area contributed by atoms with E-state index in [2.05, 4.69) is 4.98 Å². The lowest BCUT2D eigenvalue weighted by molar-refractivity contribution is 0.100. The molecule has 0 aliphatic heterocycles. The highest BCUT2D eigenvalue weighted by atomic mass is 19.1. The highest BCUT2D eigenvalue weighted by Crippen LogP contribution is 2.31. The van der Waals surface area contributed by atoms with E-state index in [0.29, 0.717) is 10.9 Å². The van der Waals surface area contributed by atoms with Crippen LogP contribution in [0.2, 0.25) is 0 Å². The molecule has 2 aromatic heterocycles. The van der Waals surface area contributed by atoms with Crippen LogP contribution in [0.25, 0.3) is 16.7 Å². The number of fused-ring (bicyclic) bond motifs is 1. The minimum absolute atomic E-state index is 0.186. The Morgan fingerprint density at radius 2 is 2.10 bits per heavy atom. The van der Waals surface area contributed by atoms with Crippen molar-refractivity contribution >= 4 is 16.8 Å². The Morgan fingerprint density at radius 3 is 2.70 bits per heavy atom. The zero-order chi connectivity index (χ0) is 14.4. The van der Waals surface area contributed by atoms with Crippen molar-refractivity contribution in [2.24, 2.45) is 5.73 Å². The van der Waals surface area contributed by atoms with E-state index in [1.165, 1.54) is 12.1 Å². The predicted molar refractivity (Wildman–Crippen MR) is 75.6 cm³/mol. The van der Waals surface area contributed by atoms with Crippen LogP contribution in [0.3, 0.4) is 0 Å². The van der Waals surface area contributed by atoms with Crippen LogP contribution in [0.1, 0.15) is 21.6 Å². The molecular formula is C15H14FN3O. The smallest absolute Gasteiger partial charge is 0.250 e. The summed E-state index contributed by atoms with van der Waals surface area (Å²) in [6.07, 6.45) is 1.80. The average Bonchev–Trinajstić information content (AvgIpc) is 2.99. The summed E-state index contributed by atoms with van der Waals surface area (Å²) in [6.45, 7) is 3.83. The van der Waals surface area contributed by atoms with E-state index >= 15 is 0 Å². The number of aromatic nitrogens is 2. The van der Waals surface area contributed by atoms with Crippen molar-refractivity contribution < 1.29 is 9.18 Å². The second kappa shape index (κ2) is 4.23. The van der Waals surface area contributed by atoms with E-state index in [9.17, 15) is 9.18 Å². The van der Waals surface area contributed by atoms with E-state index in [1.54, 1.807) is 6.20 Å². The maximum Gasteiger partial charge on any atom is 0.250 e. The molecule has 0 aliphatic carbocycles. The van der Waals surface area contributed by atoms with Crippen molar-refractivity contribution in [3.05, 3.63) is 53.1 Å². The van der Waals surface area contributed by atoms with Crippen molar-refractivity contribution in [1.29, 1.82) is 0 Å². The number of nitrogens with zero attached hydrogens (tertiary/aromatic N) is 1. The SMILES string of the molecule is Cc1c(C)n(-c2ccc[nH]2)c2c(C(N)=O)cc(F)cc12. The molecule has 20 heavy (non-hydrogen) atoms. The van der Waals surface area contributed by atoms with Crippen molar-refractivity contribution in [3.8, 4) is 5.82 Å². The number of amides is 1. The monoisotopic (exact) mass is 271 g/mol. The van der Waals surface area contributed by atoms with Gasteiger partial charge in [0.25, 0.3) is 5.91 Å². The maximum absolute atomic E-state index is 13.7. The van der Waals surface area contributed by atoms with Gasteiger partial charge in [-0.2, -0.15) is 0 Å². The first-order valence-electron chi connectivity index (χ1n) is 6.25. The number of rotatable bonds is 2. The molecule has 2 heterocycles. The first-order chi connectivity index (χ1) is 9.50. The summed E-state index contributed by atoms with van der Waals surface area (Å²) in [5.41, 5.74) is 8.09. The quantitative estimate of drug-likeness (QED) is 0.739. The fraction of sp³-hybridized carbons (Fsp3) is 0.133. The summed E-state index contributed by atoms with van der Waals surface area (Å²) in [7, 11) is 0. The van der Waals surface area contributed by atoms with Crippen LogP contribution in [0.4, 0.5) is 4.39 Å². The van der Waals surface area contributed by atoms with E-state index in [1.807, 2.05) is 30.5 Å². The standard InChI is InChI=1S/C15H14FN3O/c1-8-9(2)19(13-4-3-5-18-13)14-11(8)6-10(16)7-12(14)15(17)20/h3-7,18H,1-2H3,(H2,17,20). The predicted octanol–water partition coefficient (Wildman–Crippen LogP) is 2.81. The molecule has 3 N–H and O–H groups in total. The van der Waals surface area contributed by atoms with Gasteiger partial charge in [0, 0.05) is 17.3 Å². The van der Waals surface area contributed by atoms with Gasteiger partial charge in [0.2, 0.25) is 0 Å². The molecule has 0 radical (unpaired) electrons. The van der Waals surface area contributed by atoms with Gasteiger partial charge in [-0.25, -0.2) is 4.39 Å². The molecule has 102 valence electrons. The molecule has 0 fully saturated rings. The number of hydrogen-bond acceptors (Lipinski definition) is 1. The Bertz CT molecular complexity index is 816. The summed E-state index contributed by atoms with van der Waals surface area (Å²) in [5.74, 6) is -0.285. The molecule has 3 rings (SSSR count). The fourth-order valence-corrected chi connectivity index (χ4v) is 2.61. The number of halogens is 1. The molecule has 0 bridgehead atoms. The van der Waals surface area contributed by atoms with Gasteiger partial charge in [-0.15, -0.1) is 0 Å². The van der Waals surface area contributed by atoms with Crippen LogP contribution in [-0.2, 0) is 0 Å². The maximum atomic E-state index is 13.7. The molecule has 3 aromatic rings. The van der Waals surface area contributed by atoms with Gasteiger partial charge in [0.15, 0.2) is 0 Å². The molecule has 5 heteroatoms. The van der Waals surface area contributed by atoms with Crippen LogP contribution < -0.4 is 5.73 Å². The summed E-state index contributed by atoms with van der Waals surface area (Å²) in [6, 6.07) is 6.37. The van der Waals surface area contributed by atoms with E-state index in [0.717, 1.165) is 17.1 Å². The molecule has 4 nitrogen and oxygen atoms in total. The van der Waals surface area contributed by atoms with Crippen molar-refractivity contribution in [1.82, 2.24) is 9.55 Å². The summed E-state index contributed by atoms with van der Waals surface area (Å²) in [5, 5.41) is 0.700. The molecule has 0 aliphatic rings. The Balaban J connectivity index is 2.52. The van der Waals surface area contributed by atoms with Crippen LogP contribution in [0.5, 0.6) is 0 Å². The van der Waals surface area contributed by atoms with Crippen molar-refractivity contribution in [2.45, 2.75) is 13.8 Å². The van der Waals surface area contributed by atoms with Crippen LogP contribution >= 0.6 is 0 Å². The van der Waals surface area contributed by atoms with Crippen LogP contribution in [0, 0.1) is 19.7 Å². The fourth-order valence-electron chi connectivity index (χ4n) is 2.61. The highest BCUT2D eigenvalue weighted by molar-refractivity contribution is 6.07.